The lowest BCUT2D eigenvalue weighted by Gasteiger charge is -2.25. The molecule has 0 bridgehead atoms. The van der Waals surface area contributed by atoms with Crippen LogP contribution in [0.5, 0.6) is 0 Å². The summed E-state index contributed by atoms with van der Waals surface area (Å²) in [6.45, 7) is 5.88. The van der Waals surface area contributed by atoms with Crippen LogP contribution in [0.1, 0.15) is 46.8 Å². The van der Waals surface area contributed by atoms with Gasteiger partial charge in [0.05, 0.1) is 4.88 Å². The molecule has 0 aromatic carbocycles. The lowest BCUT2D eigenvalue weighted by Crippen LogP contribution is -2.37. The number of anilines is 1. The number of carbonyl (C=O) groups is 1. The second-order valence-electron chi connectivity index (χ2n) is 5.26. The van der Waals surface area contributed by atoms with Gasteiger partial charge < -0.3 is 0 Å². The number of amides is 1. The molecule has 5 nitrogen and oxygen atoms in total. The van der Waals surface area contributed by atoms with E-state index < -0.39 is 0 Å². The van der Waals surface area contributed by atoms with E-state index in [-0.39, 0.29) is 5.91 Å². The molecular formula is C15H20N4OS. The number of hydrogen-bond donors (Lipinski definition) is 0. The average Bonchev–Trinajstić information content (AvgIpc) is 3.12. The molecule has 0 N–H and O–H groups in total. The van der Waals surface area contributed by atoms with Crippen molar-refractivity contribution in [2.24, 2.45) is 0 Å². The Kier molecular flexibility index (Phi) is 4.05. The molecule has 3 heterocycles. The van der Waals surface area contributed by atoms with Crippen LogP contribution >= 0.6 is 11.3 Å². The molecule has 2 aromatic rings. The van der Waals surface area contributed by atoms with Crippen molar-refractivity contribution in [1.29, 1.82) is 0 Å². The van der Waals surface area contributed by atoms with Gasteiger partial charge in [-0.25, -0.2) is 4.68 Å². The molecule has 0 atom stereocenters. The summed E-state index contributed by atoms with van der Waals surface area (Å²) in [5.74, 6) is 0.737. The Morgan fingerprint density at radius 3 is 3.00 bits per heavy atom. The fourth-order valence-corrected chi connectivity index (χ4v) is 4.04. The van der Waals surface area contributed by atoms with Crippen molar-refractivity contribution in [2.75, 3.05) is 11.4 Å². The van der Waals surface area contributed by atoms with Crippen molar-refractivity contribution in [3.05, 3.63) is 27.7 Å². The average molecular weight is 304 g/mol. The Morgan fingerprint density at radius 2 is 2.24 bits per heavy atom. The maximum Gasteiger partial charge on any atom is 0.270 e. The number of fused-ring (bicyclic) bond motifs is 1. The second-order valence-corrected chi connectivity index (χ2v) is 6.39. The Hall–Kier alpha value is -1.69. The molecule has 3 rings (SSSR count). The highest BCUT2D eigenvalue weighted by atomic mass is 32.1. The molecule has 0 aliphatic carbocycles. The quantitative estimate of drug-likeness (QED) is 0.872. The molecule has 0 unspecified atom stereocenters. The van der Waals surface area contributed by atoms with E-state index in [2.05, 4.69) is 30.0 Å². The van der Waals surface area contributed by atoms with Crippen LogP contribution < -0.4 is 4.90 Å². The van der Waals surface area contributed by atoms with Gasteiger partial charge >= 0.3 is 0 Å². The summed E-state index contributed by atoms with van der Waals surface area (Å²) >= 11 is 1.64. The third-order valence-electron chi connectivity index (χ3n) is 3.80. The van der Waals surface area contributed by atoms with Crippen molar-refractivity contribution >= 4 is 23.2 Å². The molecule has 0 spiro atoms. The standard InChI is InChI=1S/C15H20N4OS/c1-3-6-12-11(4-2)9-13(21-12)14(20)18-7-5-8-19-15(18)16-10-17-19/h9-10H,3-8H2,1-2H3. The van der Waals surface area contributed by atoms with E-state index in [1.807, 2.05) is 4.68 Å². The summed E-state index contributed by atoms with van der Waals surface area (Å²) < 4.78 is 1.81. The molecule has 0 saturated carbocycles. The summed E-state index contributed by atoms with van der Waals surface area (Å²) in [6, 6.07) is 2.06. The van der Waals surface area contributed by atoms with Crippen molar-refractivity contribution in [1.82, 2.24) is 14.8 Å². The van der Waals surface area contributed by atoms with E-state index in [0.29, 0.717) is 5.95 Å². The lowest BCUT2D eigenvalue weighted by atomic mass is 10.1. The molecule has 0 saturated heterocycles. The summed E-state index contributed by atoms with van der Waals surface area (Å²) in [5.41, 5.74) is 1.31. The molecule has 1 aliphatic heterocycles. The molecule has 2 aromatic heterocycles. The first-order valence-corrected chi connectivity index (χ1v) is 8.37. The van der Waals surface area contributed by atoms with Crippen molar-refractivity contribution in [3.8, 4) is 0 Å². The fraction of sp³-hybridized carbons (Fsp3) is 0.533. The van der Waals surface area contributed by atoms with Crippen LogP contribution in [0.4, 0.5) is 5.95 Å². The third kappa shape index (κ3) is 2.60. The van der Waals surface area contributed by atoms with Gasteiger partial charge in [-0.15, -0.1) is 11.3 Å². The molecule has 0 fully saturated rings. The molecule has 21 heavy (non-hydrogen) atoms. The number of rotatable bonds is 4. The topological polar surface area (TPSA) is 51.0 Å². The summed E-state index contributed by atoms with van der Waals surface area (Å²) in [4.78, 5) is 21.0. The van der Waals surface area contributed by atoms with Gasteiger partial charge in [-0.2, -0.15) is 10.1 Å². The molecule has 0 radical (unpaired) electrons. The SMILES string of the molecule is CCCc1sc(C(=O)N2CCCn3ncnc32)cc1CC. The van der Waals surface area contributed by atoms with Gasteiger partial charge in [0.1, 0.15) is 6.33 Å². The first-order chi connectivity index (χ1) is 10.2. The predicted molar refractivity (Wildman–Crippen MR) is 84.0 cm³/mol. The van der Waals surface area contributed by atoms with Gasteiger partial charge in [0.25, 0.3) is 5.91 Å². The second kappa shape index (κ2) is 5.97. The minimum absolute atomic E-state index is 0.0611. The number of hydrogen-bond acceptors (Lipinski definition) is 4. The van der Waals surface area contributed by atoms with Gasteiger partial charge in [-0.3, -0.25) is 9.69 Å². The van der Waals surface area contributed by atoms with Crippen molar-refractivity contribution < 1.29 is 4.79 Å². The minimum atomic E-state index is 0.0611. The van der Waals surface area contributed by atoms with Crippen LogP contribution in [0.15, 0.2) is 12.4 Å². The van der Waals surface area contributed by atoms with E-state index in [9.17, 15) is 4.79 Å². The van der Waals surface area contributed by atoms with Crippen LogP contribution in [-0.4, -0.2) is 27.2 Å². The lowest BCUT2D eigenvalue weighted by molar-refractivity contribution is 0.0984. The molecule has 112 valence electrons. The van der Waals surface area contributed by atoms with Crippen LogP contribution in [0.25, 0.3) is 0 Å². The third-order valence-corrected chi connectivity index (χ3v) is 5.02. The Bertz CT molecular complexity index is 646. The first kappa shape index (κ1) is 14.3. The maximum atomic E-state index is 12.8. The highest BCUT2D eigenvalue weighted by Gasteiger charge is 2.27. The first-order valence-electron chi connectivity index (χ1n) is 7.55. The van der Waals surface area contributed by atoms with Crippen molar-refractivity contribution in [3.63, 3.8) is 0 Å². The van der Waals surface area contributed by atoms with Gasteiger partial charge in [-0.1, -0.05) is 20.3 Å². The highest BCUT2D eigenvalue weighted by Crippen LogP contribution is 2.28. The largest absolute Gasteiger partial charge is 0.276 e. The summed E-state index contributed by atoms with van der Waals surface area (Å²) in [7, 11) is 0. The van der Waals surface area contributed by atoms with Crippen LogP contribution in [0.2, 0.25) is 0 Å². The van der Waals surface area contributed by atoms with Crippen molar-refractivity contribution in [2.45, 2.75) is 46.1 Å². The summed E-state index contributed by atoms with van der Waals surface area (Å²) in [6.07, 6.45) is 5.59. The Labute approximate surface area is 128 Å². The fourth-order valence-electron chi connectivity index (χ4n) is 2.74. The van der Waals surface area contributed by atoms with E-state index >= 15 is 0 Å². The van der Waals surface area contributed by atoms with E-state index in [4.69, 9.17) is 0 Å². The van der Waals surface area contributed by atoms with Gasteiger partial charge in [0.2, 0.25) is 5.95 Å². The number of carbonyl (C=O) groups excluding carboxylic acids is 1. The number of thiophene rings is 1. The Morgan fingerprint density at radius 1 is 1.38 bits per heavy atom. The maximum absolute atomic E-state index is 12.8. The summed E-state index contributed by atoms with van der Waals surface area (Å²) in [5, 5.41) is 4.17. The molecular weight excluding hydrogens is 284 g/mol. The number of nitrogens with zero attached hydrogens (tertiary/aromatic N) is 4. The molecule has 6 heteroatoms. The monoisotopic (exact) mass is 304 g/mol. The van der Waals surface area contributed by atoms with E-state index in [0.717, 1.165) is 43.6 Å². The smallest absolute Gasteiger partial charge is 0.270 e. The van der Waals surface area contributed by atoms with Crippen LogP contribution in [0, 0.1) is 0 Å². The van der Waals surface area contributed by atoms with Crippen LogP contribution in [-0.2, 0) is 19.4 Å². The zero-order valence-electron chi connectivity index (χ0n) is 12.5. The predicted octanol–water partition coefficient (Wildman–Crippen LogP) is 2.91. The number of aromatic nitrogens is 3. The molecule has 1 aliphatic rings. The van der Waals surface area contributed by atoms with Gasteiger partial charge in [0.15, 0.2) is 0 Å². The highest BCUT2D eigenvalue weighted by molar-refractivity contribution is 7.14. The normalized spacial score (nSPS) is 14.3. The van der Waals surface area contributed by atoms with Crippen LogP contribution in [0.3, 0.4) is 0 Å². The minimum Gasteiger partial charge on any atom is -0.276 e. The number of aryl methyl sites for hydroxylation is 3. The van der Waals surface area contributed by atoms with Gasteiger partial charge in [-0.05, 0) is 30.9 Å². The molecule has 1 amide bonds. The van der Waals surface area contributed by atoms with Gasteiger partial charge in [0, 0.05) is 18.0 Å². The zero-order chi connectivity index (χ0) is 14.8. The Balaban J connectivity index is 1.90. The zero-order valence-corrected chi connectivity index (χ0v) is 13.3. The van der Waals surface area contributed by atoms with E-state index in [1.54, 1.807) is 16.2 Å². The van der Waals surface area contributed by atoms with E-state index in [1.165, 1.54) is 16.8 Å².